The van der Waals surface area contributed by atoms with Crippen molar-refractivity contribution in [3.05, 3.63) is 11.6 Å². The third-order valence-corrected chi connectivity index (χ3v) is 3.70. The smallest absolute Gasteiger partial charge is 0.163 e. The van der Waals surface area contributed by atoms with Crippen LogP contribution in [-0.4, -0.2) is 24.3 Å². The highest BCUT2D eigenvalue weighted by Crippen LogP contribution is 2.35. The van der Waals surface area contributed by atoms with Gasteiger partial charge in [0.15, 0.2) is 5.79 Å². The molecule has 0 radical (unpaired) electrons. The van der Waals surface area contributed by atoms with Crippen molar-refractivity contribution in [3.8, 4) is 0 Å². The first-order valence-corrected chi connectivity index (χ1v) is 7.13. The fourth-order valence-electron chi connectivity index (χ4n) is 2.35. The van der Waals surface area contributed by atoms with Crippen LogP contribution in [0.25, 0.3) is 0 Å². The number of ketones is 1. The number of rotatable bonds is 5. The van der Waals surface area contributed by atoms with Gasteiger partial charge in [-0.05, 0) is 40.5 Å². The highest BCUT2D eigenvalue weighted by Gasteiger charge is 2.42. The number of allylic oxidation sites excluding steroid dienone is 2. The highest BCUT2D eigenvalue weighted by molar-refractivity contribution is 5.84. The number of ether oxygens (including phenoxy) is 2. The molecule has 0 aromatic rings. The van der Waals surface area contributed by atoms with Crippen molar-refractivity contribution in [1.82, 2.24) is 0 Å². The first-order chi connectivity index (χ1) is 8.65. The van der Waals surface area contributed by atoms with E-state index >= 15 is 0 Å². The summed E-state index contributed by atoms with van der Waals surface area (Å²) in [4.78, 5) is 12.4. The van der Waals surface area contributed by atoms with Gasteiger partial charge in [0.05, 0.1) is 12.7 Å². The molecule has 3 heteroatoms. The molecule has 1 rings (SSSR count). The molecule has 3 nitrogen and oxygen atoms in total. The van der Waals surface area contributed by atoms with E-state index in [1.807, 2.05) is 27.7 Å². The molecule has 0 aliphatic carbocycles. The summed E-state index contributed by atoms with van der Waals surface area (Å²) in [6.45, 7) is 12.6. The molecule has 0 aromatic heterocycles. The normalized spacial score (nSPS) is 22.9. The zero-order chi connectivity index (χ0) is 14.7. The summed E-state index contributed by atoms with van der Waals surface area (Å²) in [5.41, 5.74) is 0.811. The molecule has 1 fully saturated rings. The van der Waals surface area contributed by atoms with E-state index in [0.717, 1.165) is 12.8 Å². The molecule has 0 spiro atoms. The van der Waals surface area contributed by atoms with Gasteiger partial charge in [0.1, 0.15) is 5.78 Å². The Labute approximate surface area is 117 Å². The van der Waals surface area contributed by atoms with Crippen LogP contribution in [0.15, 0.2) is 11.6 Å². The van der Waals surface area contributed by atoms with Gasteiger partial charge in [-0.15, -0.1) is 0 Å². The molecule has 1 saturated heterocycles. The zero-order valence-corrected chi connectivity index (χ0v) is 13.2. The van der Waals surface area contributed by atoms with Crippen molar-refractivity contribution in [1.29, 1.82) is 0 Å². The third-order valence-electron chi connectivity index (χ3n) is 3.70. The van der Waals surface area contributed by atoms with Crippen molar-refractivity contribution in [2.75, 3.05) is 6.61 Å². The Bertz CT molecular complexity index is 349. The molecule has 1 aliphatic heterocycles. The lowest BCUT2D eigenvalue weighted by Crippen LogP contribution is -2.49. The second-order valence-corrected chi connectivity index (χ2v) is 6.61. The Morgan fingerprint density at radius 1 is 1.37 bits per heavy atom. The quantitative estimate of drug-likeness (QED) is 0.710. The second-order valence-electron chi connectivity index (χ2n) is 6.61. The van der Waals surface area contributed by atoms with E-state index in [4.69, 9.17) is 9.47 Å². The minimum absolute atomic E-state index is 0.0598. The minimum Gasteiger partial charge on any atom is -0.350 e. The van der Waals surface area contributed by atoms with Gasteiger partial charge >= 0.3 is 0 Å². The highest BCUT2D eigenvalue weighted by atomic mass is 16.7. The summed E-state index contributed by atoms with van der Waals surface area (Å²) >= 11 is 0. The van der Waals surface area contributed by atoms with Crippen LogP contribution in [0, 0.1) is 5.41 Å². The molecular formula is C16H28O3. The Morgan fingerprint density at radius 2 is 2.00 bits per heavy atom. The van der Waals surface area contributed by atoms with Crippen LogP contribution >= 0.6 is 0 Å². The van der Waals surface area contributed by atoms with Gasteiger partial charge < -0.3 is 9.47 Å². The molecule has 0 saturated carbocycles. The van der Waals surface area contributed by atoms with Crippen molar-refractivity contribution < 1.29 is 14.3 Å². The molecular weight excluding hydrogens is 240 g/mol. The van der Waals surface area contributed by atoms with Crippen LogP contribution in [0.4, 0.5) is 0 Å². The lowest BCUT2D eigenvalue weighted by Gasteiger charge is -2.42. The average molecular weight is 268 g/mol. The molecule has 0 bridgehead atoms. The molecule has 1 heterocycles. The van der Waals surface area contributed by atoms with Crippen molar-refractivity contribution >= 4 is 5.78 Å². The number of Topliss-reactive ketones (excluding diaryl/α,β-unsaturated/α-hetero) is 1. The summed E-state index contributed by atoms with van der Waals surface area (Å²) in [5.74, 6) is -0.312. The molecule has 110 valence electrons. The summed E-state index contributed by atoms with van der Waals surface area (Å²) in [6, 6.07) is 0. The van der Waals surface area contributed by atoms with Crippen LogP contribution in [0.1, 0.15) is 60.8 Å². The van der Waals surface area contributed by atoms with Crippen LogP contribution < -0.4 is 0 Å². The molecule has 19 heavy (non-hydrogen) atoms. The molecule has 1 unspecified atom stereocenters. The van der Waals surface area contributed by atoms with Gasteiger partial charge in [0.25, 0.3) is 0 Å². The topological polar surface area (TPSA) is 35.5 Å². The maximum absolute atomic E-state index is 12.4. The van der Waals surface area contributed by atoms with E-state index < -0.39 is 11.2 Å². The van der Waals surface area contributed by atoms with E-state index in [0.29, 0.717) is 13.0 Å². The van der Waals surface area contributed by atoms with Gasteiger partial charge in [0, 0.05) is 11.8 Å². The standard InChI is InChI=1S/C16H28O3/c1-12(2)8-7-9-13(17)15(3,4)14-10-11-18-16(5,6)19-14/h8,14H,7,9-11H2,1-6H3. The largest absolute Gasteiger partial charge is 0.350 e. The lowest BCUT2D eigenvalue weighted by atomic mass is 9.78. The van der Waals surface area contributed by atoms with Gasteiger partial charge in [-0.2, -0.15) is 0 Å². The first kappa shape index (κ1) is 16.4. The second kappa shape index (κ2) is 6.19. The van der Waals surface area contributed by atoms with E-state index in [1.165, 1.54) is 5.57 Å². The molecule has 1 atom stereocenters. The average Bonchev–Trinajstić information content (AvgIpc) is 2.26. The van der Waals surface area contributed by atoms with Crippen molar-refractivity contribution in [3.63, 3.8) is 0 Å². The Balaban J connectivity index is 2.63. The predicted octanol–water partition coefficient (Wildman–Crippen LogP) is 3.87. The molecule has 0 amide bonds. The number of hydrogen-bond acceptors (Lipinski definition) is 3. The lowest BCUT2D eigenvalue weighted by molar-refractivity contribution is -0.288. The SMILES string of the molecule is CC(C)=CCCC(=O)C(C)(C)C1CCOC(C)(C)O1. The first-order valence-electron chi connectivity index (χ1n) is 7.13. The van der Waals surface area contributed by atoms with E-state index in [9.17, 15) is 4.79 Å². The van der Waals surface area contributed by atoms with E-state index in [-0.39, 0.29) is 11.9 Å². The van der Waals surface area contributed by atoms with Gasteiger partial charge in [-0.1, -0.05) is 25.5 Å². The molecule has 0 N–H and O–H groups in total. The van der Waals surface area contributed by atoms with Crippen LogP contribution in [-0.2, 0) is 14.3 Å². The van der Waals surface area contributed by atoms with Gasteiger partial charge in [-0.25, -0.2) is 0 Å². The van der Waals surface area contributed by atoms with Crippen molar-refractivity contribution in [2.24, 2.45) is 5.41 Å². The summed E-state index contributed by atoms with van der Waals surface area (Å²) in [5, 5.41) is 0. The van der Waals surface area contributed by atoms with Crippen LogP contribution in [0.3, 0.4) is 0 Å². The van der Waals surface area contributed by atoms with E-state index in [1.54, 1.807) is 0 Å². The fraction of sp³-hybridized carbons (Fsp3) is 0.812. The predicted molar refractivity (Wildman–Crippen MR) is 77.0 cm³/mol. The van der Waals surface area contributed by atoms with Gasteiger partial charge in [0.2, 0.25) is 0 Å². The number of carbonyl (C=O) groups is 1. The Morgan fingerprint density at radius 3 is 2.53 bits per heavy atom. The Hall–Kier alpha value is -0.670. The number of carbonyl (C=O) groups excluding carboxylic acids is 1. The third kappa shape index (κ3) is 4.73. The van der Waals surface area contributed by atoms with E-state index in [2.05, 4.69) is 19.9 Å². The maximum Gasteiger partial charge on any atom is 0.163 e. The van der Waals surface area contributed by atoms with Crippen LogP contribution in [0.2, 0.25) is 0 Å². The summed E-state index contributed by atoms with van der Waals surface area (Å²) < 4.78 is 11.5. The monoisotopic (exact) mass is 268 g/mol. The summed E-state index contributed by atoms with van der Waals surface area (Å²) in [7, 11) is 0. The van der Waals surface area contributed by atoms with Crippen LogP contribution in [0.5, 0.6) is 0 Å². The zero-order valence-electron chi connectivity index (χ0n) is 13.2. The molecule has 1 aliphatic rings. The minimum atomic E-state index is -0.583. The maximum atomic E-state index is 12.4. The fourth-order valence-corrected chi connectivity index (χ4v) is 2.35. The van der Waals surface area contributed by atoms with Crippen molar-refractivity contribution in [2.45, 2.75) is 72.7 Å². The van der Waals surface area contributed by atoms with Gasteiger partial charge in [-0.3, -0.25) is 4.79 Å². The summed E-state index contributed by atoms with van der Waals surface area (Å²) in [6.07, 6.45) is 4.24. The molecule has 0 aromatic carbocycles. The Kier molecular flexibility index (Phi) is 5.34. The number of hydrogen-bond donors (Lipinski definition) is 0.